The Balaban J connectivity index is 1.78. The van der Waals surface area contributed by atoms with Gasteiger partial charge in [0.1, 0.15) is 23.5 Å². The standard InChI is InChI=1S/C27H22FNO5/c1-32-25-23(26(30)33-2)14-22(27(31)34-16-18-6-4-3-5-7-18)21-13-19(15-29-24(21)25)12-17-8-10-20(28)11-9-17/h3-11,13-15H,12,16H2,1-2H3. The fourth-order valence-corrected chi connectivity index (χ4v) is 3.68. The third-order valence-corrected chi connectivity index (χ3v) is 5.35. The summed E-state index contributed by atoms with van der Waals surface area (Å²) in [6.07, 6.45) is 2.11. The molecular weight excluding hydrogens is 437 g/mol. The quantitative estimate of drug-likeness (QED) is 0.357. The number of halogens is 1. The SMILES string of the molecule is COC(=O)c1cc(C(=O)OCc2ccccc2)c2cc(Cc3ccc(F)cc3)cnc2c1OC. The summed E-state index contributed by atoms with van der Waals surface area (Å²) in [6, 6.07) is 18.6. The van der Waals surface area contributed by atoms with E-state index in [1.165, 1.54) is 32.4 Å². The van der Waals surface area contributed by atoms with E-state index in [-0.39, 0.29) is 29.3 Å². The molecule has 0 spiro atoms. The summed E-state index contributed by atoms with van der Waals surface area (Å²) < 4.78 is 29.1. The molecule has 4 aromatic rings. The predicted octanol–water partition coefficient (Wildman–Crippen LogP) is 5.12. The van der Waals surface area contributed by atoms with Crippen molar-refractivity contribution in [2.45, 2.75) is 13.0 Å². The van der Waals surface area contributed by atoms with Gasteiger partial charge in [-0.1, -0.05) is 42.5 Å². The number of carbonyl (C=O) groups excluding carboxylic acids is 2. The lowest BCUT2D eigenvalue weighted by molar-refractivity contribution is 0.0475. The van der Waals surface area contributed by atoms with E-state index >= 15 is 0 Å². The van der Waals surface area contributed by atoms with Gasteiger partial charge in [0.05, 0.1) is 19.8 Å². The van der Waals surface area contributed by atoms with Gasteiger partial charge in [0.2, 0.25) is 0 Å². The van der Waals surface area contributed by atoms with Crippen LogP contribution in [0.1, 0.15) is 37.4 Å². The molecule has 7 heteroatoms. The fraction of sp³-hybridized carbons (Fsp3) is 0.148. The third-order valence-electron chi connectivity index (χ3n) is 5.35. The van der Waals surface area contributed by atoms with E-state index in [1.807, 2.05) is 30.3 Å². The van der Waals surface area contributed by atoms with Crippen LogP contribution >= 0.6 is 0 Å². The van der Waals surface area contributed by atoms with E-state index in [9.17, 15) is 14.0 Å². The van der Waals surface area contributed by atoms with Crippen molar-refractivity contribution in [2.24, 2.45) is 0 Å². The second-order valence-electron chi connectivity index (χ2n) is 7.60. The average molecular weight is 459 g/mol. The molecule has 34 heavy (non-hydrogen) atoms. The molecule has 4 rings (SSSR count). The number of pyridine rings is 1. The first-order valence-electron chi connectivity index (χ1n) is 10.5. The second-order valence-corrected chi connectivity index (χ2v) is 7.60. The Bertz CT molecular complexity index is 1340. The molecule has 3 aromatic carbocycles. The van der Waals surface area contributed by atoms with Crippen molar-refractivity contribution in [3.63, 3.8) is 0 Å². The number of rotatable bonds is 7. The third kappa shape index (κ3) is 4.88. The molecule has 1 heterocycles. The van der Waals surface area contributed by atoms with Gasteiger partial charge in [-0.2, -0.15) is 0 Å². The summed E-state index contributed by atoms with van der Waals surface area (Å²) in [6.45, 7) is 0.0729. The van der Waals surface area contributed by atoms with E-state index in [2.05, 4.69) is 4.98 Å². The Labute approximate surface area is 195 Å². The van der Waals surface area contributed by atoms with Crippen molar-refractivity contribution in [1.82, 2.24) is 4.98 Å². The number of hydrogen-bond donors (Lipinski definition) is 0. The van der Waals surface area contributed by atoms with Crippen LogP contribution in [-0.4, -0.2) is 31.1 Å². The van der Waals surface area contributed by atoms with Crippen molar-refractivity contribution in [1.29, 1.82) is 0 Å². The van der Waals surface area contributed by atoms with Crippen LogP contribution in [0.2, 0.25) is 0 Å². The maximum atomic E-state index is 13.3. The summed E-state index contributed by atoms with van der Waals surface area (Å²) in [4.78, 5) is 30.0. The first-order chi connectivity index (χ1) is 16.5. The number of nitrogens with zero attached hydrogens (tertiary/aromatic N) is 1. The molecule has 0 aliphatic carbocycles. The highest BCUT2D eigenvalue weighted by Gasteiger charge is 2.24. The van der Waals surface area contributed by atoms with Gasteiger partial charge in [-0.15, -0.1) is 0 Å². The largest absolute Gasteiger partial charge is 0.494 e. The van der Waals surface area contributed by atoms with Gasteiger partial charge in [0, 0.05) is 11.6 Å². The molecule has 0 fully saturated rings. The Morgan fingerprint density at radius 3 is 2.26 bits per heavy atom. The highest BCUT2D eigenvalue weighted by molar-refractivity contribution is 6.10. The van der Waals surface area contributed by atoms with Crippen LogP contribution in [-0.2, 0) is 22.5 Å². The molecule has 0 unspecified atom stereocenters. The van der Waals surface area contributed by atoms with Crippen LogP contribution in [0.5, 0.6) is 5.75 Å². The molecule has 0 aliphatic heterocycles. The molecule has 0 saturated heterocycles. The summed E-state index contributed by atoms with van der Waals surface area (Å²) in [5.74, 6) is -1.38. The van der Waals surface area contributed by atoms with Crippen LogP contribution in [0, 0.1) is 5.82 Å². The first-order valence-corrected chi connectivity index (χ1v) is 10.5. The topological polar surface area (TPSA) is 74.7 Å². The number of hydrogen-bond acceptors (Lipinski definition) is 6. The molecule has 0 bridgehead atoms. The van der Waals surface area contributed by atoms with Crippen molar-refractivity contribution in [2.75, 3.05) is 14.2 Å². The Morgan fingerprint density at radius 2 is 1.59 bits per heavy atom. The van der Waals surface area contributed by atoms with Crippen LogP contribution in [0.25, 0.3) is 10.9 Å². The maximum absolute atomic E-state index is 13.3. The second kappa shape index (κ2) is 10.1. The fourth-order valence-electron chi connectivity index (χ4n) is 3.68. The zero-order valence-electron chi connectivity index (χ0n) is 18.7. The lowest BCUT2D eigenvalue weighted by Gasteiger charge is -2.15. The van der Waals surface area contributed by atoms with Gasteiger partial charge >= 0.3 is 11.9 Å². The minimum absolute atomic E-state index is 0.0722. The molecule has 1 aromatic heterocycles. The molecule has 0 atom stereocenters. The van der Waals surface area contributed by atoms with Crippen molar-refractivity contribution < 1.29 is 28.2 Å². The minimum atomic E-state index is -0.659. The number of esters is 2. The maximum Gasteiger partial charge on any atom is 0.341 e. The molecule has 6 nitrogen and oxygen atoms in total. The lowest BCUT2D eigenvalue weighted by atomic mass is 9.99. The molecule has 0 saturated carbocycles. The van der Waals surface area contributed by atoms with Crippen LogP contribution in [0.4, 0.5) is 4.39 Å². The predicted molar refractivity (Wildman–Crippen MR) is 124 cm³/mol. The smallest absolute Gasteiger partial charge is 0.341 e. The molecule has 0 radical (unpaired) electrons. The zero-order valence-corrected chi connectivity index (χ0v) is 18.7. The van der Waals surface area contributed by atoms with Crippen molar-refractivity contribution in [3.05, 3.63) is 107 Å². The van der Waals surface area contributed by atoms with E-state index in [0.29, 0.717) is 17.3 Å². The van der Waals surface area contributed by atoms with E-state index in [1.54, 1.807) is 24.4 Å². The monoisotopic (exact) mass is 459 g/mol. The number of ether oxygens (including phenoxy) is 3. The highest BCUT2D eigenvalue weighted by Crippen LogP contribution is 2.33. The van der Waals surface area contributed by atoms with E-state index < -0.39 is 11.9 Å². The van der Waals surface area contributed by atoms with Gasteiger partial charge in [-0.3, -0.25) is 4.98 Å². The Kier molecular flexibility index (Phi) is 6.82. The van der Waals surface area contributed by atoms with Crippen LogP contribution < -0.4 is 4.74 Å². The zero-order chi connectivity index (χ0) is 24.1. The lowest BCUT2D eigenvalue weighted by Crippen LogP contribution is -2.11. The van der Waals surface area contributed by atoms with Crippen LogP contribution in [0.15, 0.2) is 72.9 Å². The van der Waals surface area contributed by atoms with Crippen LogP contribution in [0.3, 0.4) is 0 Å². The molecule has 0 amide bonds. The number of benzene rings is 3. The number of aromatic nitrogens is 1. The Hall–Kier alpha value is -4.26. The molecule has 0 aliphatic rings. The average Bonchev–Trinajstić information content (AvgIpc) is 2.87. The number of fused-ring (bicyclic) bond motifs is 1. The number of carbonyl (C=O) groups is 2. The van der Waals surface area contributed by atoms with Gasteiger partial charge in [-0.05, 0) is 47.4 Å². The van der Waals surface area contributed by atoms with Gasteiger partial charge in [-0.25, -0.2) is 14.0 Å². The van der Waals surface area contributed by atoms with Gasteiger partial charge in [0.15, 0.2) is 5.75 Å². The number of methoxy groups -OCH3 is 2. The first kappa shape index (κ1) is 22.9. The molecular formula is C27H22FNO5. The minimum Gasteiger partial charge on any atom is -0.494 e. The summed E-state index contributed by atoms with van der Waals surface area (Å²) in [5.41, 5.74) is 3.08. The summed E-state index contributed by atoms with van der Waals surface area (Å²) in [7, 11) is 2.67. The van der Waals surface area contributed by atoms with Gasteiger partial charge in [0.25, 0.3) is 0 Å². The normalized spacial score (nSPS) is 10.7. The summed E-state index contributed by atoms with van der Waals surface area (Å²) >= 11 is 0. The van der Waals surface area contributed by atoms with Gasteiger partial charge < -0.3 is 14.2 Å². The Morgan fingerprint density at radius 1 is 0.853 bits per heavy atom. The summed E-state index contributed by atoms with van der Waals surface area (Å²) in [5, 5.41) is 0.474. The molecule has 172 valence electrons. The van der Waals surface area contributed by atoms with Crippen molar-refractivity contribution in [3.8, 4) is 5.75 Å². The highest BCUT2D eigenvalue weighted by atomic mass is 19.1. The van der Waals surface area contributed by atoms with E-state index in [0.717, 1.165) is 16.7 Å². The van der Waals surface area contributed by atoms with E-state index in [4.69, 9.17) is 14.2 Å². The van der Waals surface area contributed by atoms with Crippen molar-refractivity contribution >= 4 is 22.8 Å². The molecule has 0 N–H and O–H groups in total.